The fourth-order valence-corrected chi connectivity index (χ4v) is 1.58. The molecule has 0 saturated heterocycles. The van der Waals surface area contributed by atoms with Crippen LogP contribution in [0.25, 0.3) is 0 Å². The Kier molecular flexibility index (Phi) is 4.20. The standard InChI is InChI=1S/C10H15ClN2O/c1-8-7-9(11)3-4-10(8)13(2)5-6-14-12/h3-4,7H,5-6,12H2,1-2H3. The van der Waals surface area contributed by atoms with Crippen LogP contribution >= 0.6 is 11.6 Å². The molecule has 1 aromatic rings. The Bertz CT molecular complexity index is 304. The third kappa shape index (κ3) is 2.87. The molecular weight excluding hydrogens is 200 g/mol. The highest BCUT2D eigenvalue weighted by atomic mass is 35.5. The minimum atomic E-state index is 0.512. The molecule has 0 aliphatic heterocycles. The first-order chi connectivity index (χ1) is 6.65. The van der Waals surface area contributed by atoms with Gasteiger partial charge in [0.15, 0.2) is 0 Å². The van der Waals surface area contributed by atoms with E-state index in [9.17, 15) is 0 Å². The number of hydrogen-bond acceptors (Lipinski definition) is 3. The Morgan fingerprint density at radius 1 is 1.50 bits per heavy atom. The van der Waals surface area contributed by atoms with Gasteiger partial charge in [-0.05, 0) is 30.7 Å². The summed E-state index contributed by atoms with van der Waals surface area (Å²) in [6.45, 7) is 3.30. The van der Waals surface area contributed by atoms with E-state index < -0.39 is 0 Å². The number of nitrogens with zero attached hydrogens (tertiary/aromatic N) is 1. The second kappa shape index (κ2) is 5.20. The van der Waals surface area contributed by atoms with Crippen LogP contribution in [0.5, 0.6) is 0 Å². The van der Waals surface area contributed by atoms with E-state index in [2.05, 4.69) is 9.74 Å². The van der Waals surface area contributed by atoms with Crippen molar-refractivity contribution in [3.8, 4) is 0 Å². The molecule has 4 heteroatoms. The predicted molar refractivity (Wildman–Crippen MR) is 59.6 cm³/mol. The van der Waals surface area contributed by atoms with Gasteiger partial charge in [0.2, 0.25) is 0 Å². The first kappa shape index (κ1) is 11.3. The van der Waals surface area contributed by atoms with Crippen molar-refractivity contribution in [1.29, 1.82) is 0 Å². The summed E-state index contributed by atoms with van der Waals surface area (Å²) in [7, 11) is 2.00. The van der Waals surface area contributed by atoms with Gasteiger partial charge in [0.1, 0.15) is 0 Å². The zero-order chi connectivity index (χ0) is 10.6. The summed E-state index contributed by atoms with van der Waals surface area (Å²) >= 11 is 5.86. The van der Waals surface area contributed by atoms with Crippen LogP contribution in [-0.4, -0.2) is 20.2 Å². The van der Waals surface area contributed by atoms with Crippen LogP contribution in [0, 0.1) is 6.92 Å². The van der Waals surface area contributed by atoms with Crippen molar-refractivity contribution in [3.63, 3.8) is 0 Å². The maximum Gasteiger partial charge on any atom is 0.0854 e. The van der Waals surface area contributed by atoms with E-state index in [-0.39, 0.29) is 0 Å². The van der Waals surface area contributed by atoms with Crippen molar-refractivity contribution in [1.82, 2.24) is 0 Å². The highest BCUT2D eigenvalue weighted by molar-refractivity contribution is 6.30. The molecule has 0 bridgehead atoms. The first-order valence-corrected chi connectivity index (χ1v) is 4.82. The number of halogens is 1. The first-order valence-electron chi connectivity index (χ1n) is 4.44. The molecule has 14 heavy (non-hydrogen) atoms. The van der Waals surface area contributed by atoms with Crippen LogP contribution in [-0.2, 0) is 4.84 Å². The number of nitrogens with two attached hydrogens (primary N) is 1. The van der Waals surface area contributed by atoms with Crippen LogP contribution < -0.4 is 10.8 Å². The highest BCUT2D eigenvalue weighted by Crippen LogP contribution is 2.22. The Labute approximate surface area is 89.4 Å². The molecule has 0 radical (unpaired) electrons. The molecule has 78 valence electrons. The number of anilines is 1. The van der Waals surface area contributed by atoms with Crippen molar-refractivity contribution < 1.29 is 4.84 Å². The SMILES string of the molecule is Cc1cc(Cl)ccc1N(C)CCON. The van der Waals surface area contributed by atoms with Gasteiger partial charge in [0.25, 0.3) is 0 Å². The zero-order valence-corrected chi connectivity index (χ0v) is 9.21. The second-order valence-electron chi connectivity index (χ2n) is 3.22. The van der Waals surface area contributed by atoms with Crippen LogP contribution in [0.2, 0.25) is 5.02 Å². The normalized spacial score (nSPS) is 10.3. The Morgan fingerprint density at radius 2 is 2.21 bits per heavy atom. The predicted octanol–water partition coefficient (Wildman–Crippen LogP) is 1.97. The summed E-state index contributed by atoms with van der Waals surface area (Å²) in [5, 5.41) is 0.759. The molecule has 0 aliphatic rings. The molecule has 0 spiro atoms. The fourth-order valence-electron chi connectivity index (χ4n) is 1.36. The molecule has 1 aromatic carbocycles. The number of hydrogen-bond donors (Lipinski definition) is 1. The van der Waals surface area contributed by atoms with Crippen LogP contribution in [0.4, 0.5) is 5.69 Å². The maximum atomic E-state index is 5.86. The molecule has 0 unspecified atom stereocenters. The molecule has 0 amide bonds. The summed E-state index contributed by atoms with van der Waals surface area (Å²) in [4.78, 5) is 6.61. The van der Waals surface area contributed by atoms with Crippen LogP contribution in [0.15, 0.2) is 18.2 Å². The van der Waals surface area contributed by atoms with E-state index in [1.54, 1.807) is 0 Å². The van der Waals surface area contributed by atoms with Gasteiger partial charge in [0.05, 0.1) is 6.61 Å². The lowest BCUT2D eigenvalue weighted by Crippen LogP contribution is -2.24. The number of likely N-dealkylation sites (N-methyl/N-ethyl adjacent to an activating group) is 1. The third-order valence-corrected chi connectivity index (χ3v) is 2.35. The average Bonchev–Trinajstić information content (AvgIpc) is 2.14. The highest BCUT2D eigenvalue weighted by Gasteiger charge is 2.04. The van der Waals surface area contributed by atoms with Gasteiger partial charge in [-0.3, -0.25) is 0 Å². The number of rotatable bonds is 4. The van der Waals surface area contributed by atoms with Gasteiger partial charge in [0, 0.05) is 24.3 Å². The van der Waals surface area contributed by atoms with E-state index in [1.807, 2.05) is 32.2 Å². The zero-order valence-electron chi connectivity index (χ0n) is 8.46. The van der Waals surface area contributed by atoms with Gasteiger partial charge in [-0.15, -0.1) is 0 Å². The lowest BCUT2D eigenvalue weighted by molar-refractivity contribution is 0.145. The summed E-state index contributed by atoms with van der Waals surface area (Å²) in [5.74, 6) is 4.97. The summed E-state index contributed by atoms with van der Waals surface area (Å²) in [6.07, 6.45) is 0. The van der Waals surface area contributed by atoms with Gasteiger partial charge in [-0.1, -0.05) is 11.6 Å². The summed E-state index contributed by atoms with van der Waals surface area (Å²) in [6, 6.07) is 5.81. The van der Waals surface area contributed by atoms with Crippen molar-refractivity contribution in [2.45, 2.75) is 6.92 Å². The summed E-state index contributed by atoms with van der Waals surface area (Å²) in [5.41, 5.74) is 2.29. The van der Waals surface area contributed by atoms with E-state index in [1.165, 1.54) is 0 Å². The molecule has 0 aliphatic carbocycles. The molecular formula is C10H15ClN2O. The molecule has 3 nitrogen and oxygen atoms in total. The van der Waals surface area contributed by atoms with E-state index in [0.29, 0.717) is 6.61 Å². The molecule has 2 N–H and O–H groups in total. The maximum absolute atomic E-state index is 5.86. The van der Waals surface area contributed by atoms with Crippen molar-refractivity contribution >= 4 is 17.3 Å². The Balaban J connectivity index is 2.74. The Hall–Kier alpha value is -0.770. The monoisotopic (exact) mass is 214 g/mol. The lowest BCUT2D eigenvalue weighted by atomic mass is 10.2. The lowest BCUT2D eigenvalue weighted by Gasteiger charge is -2.20. The third-order valence-electron chi connectivity index (χ3n) is 2.11. The largest absolute Gasteiger partial charge is 0.372 e. The molecule has 0 saturated carbocycles. The van der Waals surface area contributed by atoms with E-state index in [4.69, 9.17) is 17.5 Å². The number of aryl methyl sites for hydroxylation is 1. The van der Waals surface area contributed by atoms with Crippen molar-refractivity contribution in [2.24, 2.45) is 5.90 Å². The van der Waals surface area contributed by atoms with Gasteiger partial charge in [-0.2, -0.15) is 0 Å². The van der Waals surface area contributed by atoms with Crippen LogP contribution in [0.3, 0.4) is 0 Å². The van der Waals surface area contributed by atoms with Gasteiger partial charge >= 0.3 is 0 Å². The molecule has 0 heterocycles. The quantitative estimate of drug-likeness (QED) is 0.779. The molecule has 0 fully saturated rings. The van der Waals surface area contributed by atoms with Gasteiger partial charge < -0.3 is 9.74 Å². The fraction of sp³-hybridized carbons (Fsp3) is 0.400. The van der Waals surface area contributed by atoms with Crippen LogP contribution in [0.1, 0.15) is 5.56 Å². The minimum Gasteiger partial charge on any atom is -0.372 e. The molecule has 0 aromatic heterocycles. The average molecular weight is 215 g/mol. The topological polar surface area (TPSA) is 38.5 Å². The van der Waals surface area contributed by atoms with Crippen molar-refractivity contribution in [2.75, 3.05) is 25.1 Å². The second-order valence-corrected chi connectivity index (χ2v) is 3.66. The molecule has 0 atom stereocenters. The summed E-state index contributed by atoms with van der Waals surface area (Å²) < 4.78 is 0. The van der Waals surface area contributed by atoms with E-state index >= 15 is 0 Å². The Morgan fingerprint density at radius 3 is 2.79 bits per heavy atom. The van der Waals surface area contributed by atoms with Gasteiger partial charge in [-0.25, -0.2) is 5.90 Å². The number of benzene rings is 1. The van der Waals surface area contributed by atoms with E-state index in [0.717, 1.165) is 22.8 Å². The minimum absolute atomic E-state index is 0.512. The van der Waals surface area contributed by atoms with Crippen molar-refractivity contribution in [3.05, 3.63) is 28.8 Å². The molecule has 1 rings (SSSR count). The smallest absolute Gasteiger partial charge is 0.0854 e.